The number of pyridine rings is 1. The Morgan fingerprint density at radius 1 is 1.07 bits per heavy atom. The van der Waals surface area contributed by atoms with Crippen LogP contribution in [0.15, 0.2) is 59.5 Å². The van der Waals surface area contributed by atoms with E-state index in [1.54, 1.807) is 30.3 Å². The van der Waals surface area contributed by atoms with Gasteiger partial charge in [0.15, 0.2) is 0 Å². The molecule has 0 saturated heterocycles. The molecule has 2 aromatic carbocycles. The molecule has 0 atom stereocenters. The molecule has 0 unspecified atom stereocenters. The molecule has 140 valence electrons. The Morgan fingerprint density at radius 3 is 2.64 bits per heavy atom. The fraction of sp³-hybridized carbons (Fsp3) is 0.0500. The number of ether oxygens (including phenoxy) is 1. The van der Waals surface area contributed by atoms with Crippen molar-refractivity contribution in [1.29, 1.82) is 0 Å². The average Bonchev–Trinajstić information content (AvgIpc) is 3.07. The molecule has 0 radical (unpaired) electrons. The Morgan fingerprint density at radius 2 is 1.89 bits per heavy atom. The van der Waals surface area contributed by atoms with Crippen LogP contribution in [-0.4, -0.2) is 28.0 Å². The Kier molecular flexibility index (Phi) is 4.36. The van der Waals surface area contributed by atoms with E-state index in [-0.39, 0.29) is 11.6 Å². The molecule has 3 N–H and O–H groups in total. The molecule has 0 saturated carbocycles. The van der Waals surface area contributed by atoms with Crippen LogP contribution in [0, 0.1) is 5.82 Å². The molecule has 7 nitrogen and oxygen atoms in total. The van der Waals surface area contributed by atoms with Gasteiger partial charge in [0.05, 0.1) is 29.4 Å². The van der Waals surface area contributed by atoms with Crippen molar-refractivity contribution in [3.05, 3.63) is 76.6 Å². The van der Waals surface area contributed by atoms with Crippen molar-refractivity contribution in [1.82, 2.24) is 15.0 Å². The van der Waals surface area contributed by atoms with Gasteiger partial charge < -0.3 is 20.0 Å². The van der Waals surface area contributed by atoms with Gasteiger partial charge in [0.25, 0.3) is 5.91 Å². The van der Waals surface area contributed by atoms with E-state index in [0.717, 1.165) is 0 Å². The van der Waals surface area contributed by atoms with Gasteiger partial charge in [0.1, 0.15) is 11.6 Å². The maximum absolute atomic E-state index is 13.6. The van der Waals surface area contributed by atoms with Crippen molar-refractivity contribution in [3.8, 4) is 17.0 Å². The minimum Gasteiger partial charge on any atom is -0.496 e. The number of H-pyrrole nitrogens is 2. The number of anilines is 1. The first-order valence-corrected chi connectivity index (χ1v) is 8.37. The molecule has 4 rings (SSSR count). The third-order valence-electron chi connectivity index (χ3n) is 4.24. The lowest BCUT2D eigenvalue weighted by atomic mass is 10.1. The number of nitrogens with zero attached hydrogens (tertiary/aromatic N) is 1. The number of imidazole rings is 1. The van der Waals surface area contributed by atoms with Crippen LogP contribution in [-0.2, 0) is 0 Å². The van der Waals surface area contributed by atoms with E-state index in [1.807, 2.05) is 0 Å². The summed E-state index contributed by atoms with van der Waals surface area (Å²) in [6.07, 6.45) is 1.41. The lowest BCUT2D eigenvalue weighted by Crippen LogP contribution is -2.12. The van der Waals surface area contributed by atoms with Crippen LogP contribution < -0.4 is 15.7 Å². The quantitative estimate of drug-likeness (QED) is 0.507. The number of carbonyl (C=O) groups is 1. The van der Waals surface area contributed by atoms with Gasteiger partial charge in [-0.3, -0.25) is 9.78 Å². The molecule has 0 aliphatic rings. The number of rotatable bonds is 4. The van der Waals surface area contributed by atoms with Crippen LogP contribution in [0.5, 0.6) is 5.75 Å². The van der Waals surface area contributed by atoms with Gasteiger partial charge in [-0.15, -0.1) is 0 Å². The second-order valence-electron chi connectivity index (χ2n) is 6.07. The number of methoxy groups -OCH3 is 1. The second kappa shape index (κ2) is 6.99. The summed E-state index contributed by atoms with van der Waals surface area (Å²) in [5.41, 5.74) is 2.78. The van der Waals surface area contributed by atoms with Gasteiger partial charge >= 0.3 is 5.69 Å². The molecule has 0 aliphatic heterocycles. The number of aromatic nitrogens is 3. The molecule has 28 heavy (non-hydrogen) atoms. The van der Waals surface area contributed by atoms with Crippen LogP contribution in [0.4, 0.5) is 10.1 Å². The third kappa shape index (κ3) is 3.35. The number of carbonyl (C=O) groups excluding carboxylic acids is 1. The van der Waals surface area contributed by atoms with Gasteiger partial charge in [-0.25, -0.2) is 9.18 Å². The summed E-state index contributed by atoms with van der Waals surface area (Å²) >= 11 is 0. The monoisotopic (exact) mass is 378 g/mol. The topological polar surface area (TPSA) is 99.9 Å². The molecular weight excluding hydrogens is 363 g/mol. The van der Waals surface area contributed by atoms with E-state index in [9.17, 15) is 14.0 Å². The third-order valence-corrected chi connectivity index (χ3v) is 4.24. The number of nitrogens with one attached hydrogen (secondary N) is 3. The Balaban J connectivity index is 1.57. The first-order chi connectivity index (χ1) is 13.5. The zero-order valence-corrected chi connectivity index (χ0v) is 14.7. The van der Waals surface area contributed by atoms with Crippen LogP contribution >= 0.6 is 0 Å². The highest BCUT2D eigenvalue weighted by molar-refractivity contribution is 6.04. The predicted octanol–water partition coefficient (Wildman–Crippen LogP) is 3.32. The van der Waals surface area contributed by atoms with Gasteiger partial charge in [0, 0.05) is 17.4 Å². The van der Waals surface area contributed by atoms with Gasteiger partial charge in [-0.05, 0) is 48.5 Å². The van der Waals surface area contributed by atoms with Gasteiger partial charge in [-0.2, -0.15) is 0 Å². The predicted molar refractivity (Wildman–Crippen MR) is 103 cm³/mol. The number of aromatic amines is 2. The molecule has 0 aliphatic carbocycles. The summed E-state index contributed by atoms with van der Waals surface area (Å²) in [5.74, 6) is -0.278. The number of amides is 1. The zero-order chi connectivity index (χ0) is 19.7. The highest BCUT2D eigenvalue weighted by Gasteiger charge is 2.12. The number of fused-ring (bicyclic) bond motifs is 1. The number of hydrogen-bond acceptors (Lipinski definition) is 4. The Labute approximate surface area is 158 Å². The fourth-order valence-corrected chi connectivity index (χ4v) is 2.88. The lowest BCUT2D eigenvalue weighted by Gasteiger charge is -2.09. The van der Waals surface area contributed by atoms with Crippen LogP contribution in [0.3, 0.4) is 0 Å². The number of halogens is 1. The number of benzene rings is 2. The van der Waals surface area contributed by atoms with Crippen molar-refractivity contribution in [2.24, 2.45) is 0 Å². The summed E-state index contributed by atoms with van der Waals surface area (Å²) in [5, 5.41) is 2.75. The molecule has 2 heterocycles. The lowest BCUT2D eigenvalue weighted by molar-refractivity contribution is 0.102. The molecule has 1 amide bonds. The van der Waals surface area contributed by atoms with Crippen molar-refractivity contribution in [3.63, 3.8) is 0 Å². The Hall–Kier alpha value is -3.94. The fourth-order valence-electron chi connectivity index (χ4n) is 2.88. The second-order valence-corrected chi connectivity index (χ2v) is 6.07. The van der Waals surface area contributed by atoms with E-state index >= 15 is 0 Å². The van der Waals surface area contributed by atoms with Crippen molar-refractivity contribution in [2.75, 3.05) is 12.4 Å². The van der Waals surface area contributed by atoms with E-state index < -0.39 is 5.82 Å². The molecule has 4 aromatic rings. The standard InChI is InChI=1S/C20H15FN4O3/c1-28-18-7-3-12(21)8-14(18)15-5-2-11(10-22-15)19(26)23-13-4-6-16-17(9-13)25-20(27)24-16/h2-10H,1H3,(H,23,26)(H2,24,25,27). The van der Waals surface area contributed by atoms with Crippen LogP contribution in [0.25, 0.3) is 22.3 Å². The maximum atomic E-state index is 13.6. The normalized spacial score (nSPS) is 10.8. The van der Waals surface area contributed by atoms with Crippen LogP contribution in [0.2, 0.25) is 0 Å². The molecular formula is C20H15FN4O3. The minimum atomic E-state index is -0.405. The highest BCUT2D eigenvalue weighted by atomic mass is 19.1. The van der Waals surface area contributed by atoms with E-state index in [1.165, 1.54) is 31.5 Å². The molecule has 0 bridgehead atoms. The summed E-state index contributed by atoms with van der Waals surface area (Å²) in [6, 6.07) is 12.4. The SMILES string of the molecule is COc1ccc(F)cc1-c1ccc(C(=O)Nc2ccc3[nH]c(=O)[nH]c3c2)cn1. The largest absolute Gasteiger partial charge is 0.496 e. The first-order valence-electron chi connectivity index (χ1n) is 8.37. The minimum absolute atomic E-state index is 0.314. The van der Waals surface area contributed by atoms with E-state index in [4.69, 9.17) is 4.74 Å². The molecule has 8 heteroatoms. The van der Waals surface area contributed by atoms with Crippen molar-refractivity contribution in [2.45, 2.75) is 0 Å². The van der Waals surface area contributed by atoms with Gasteiger partial charge in [0.2, 0.25) is 0 Å². The maximum Gasteiger partial charge on any atom is 0.323 e. The highest BCUT2D eigenvalue weighted by Crippen LogP contribution is 2.29. The summed E-state index contributed by atoms with van der Waals surface area (Å²) in [6.45, 7) is 0. The first kappa shape index (κ1) is 17.5. The van der Waals surface area contributed by atoms with Crippen molar-refractivity contribution < 1.29 is 13.9 Å². The van der Waals surface area contributed by atoms with Crippen LogP contribution in [0.1, 0.15) is 10.4 Å². The van der Waals surface area contributed by atoms with E-state index in [2.05, 4.69) is 20.3 Å². The Bertz CT molecular complexity index is 1230. The zero-order valence-electron chi connectivity index (χ0n) is 14.7. The summed E-state index contributed by atoms with van der Waals surface area (Å²) < 4.78 is 18.8. The molecule has 0 spiro atoms. The summed E-state index contributed by atoms with van der Waals surface area (Å²) in [4.78, 5) is 33.3. The molecule has 2 aromatic heterocycles. The molecule has 0 fully saturated rings. The summed E-state index contributed by atoms with van der Waals surface area (Å²) in [7, 11) is 1.49. The van der Waals surface area contributed by atoms with Gasteiger partial charge in [-0.1, -0.05) is 0 Å². The van der Waals surface area contributed by atoms with Crippen molar-refractivity contribution >= 4 is 22.6 Å². The van der Waals surface area contributed by atoms with E-state index in [0.29, 0.717) is 39.3 Å². The smallest absolute Gasteiger partial charge is 0.323 e. The number of hydrogen-bond donors (Lipinski definition) is 3. The average molecular weight is 378 g/mol.